The van der Waals surface area contributed by atoms with Gasteiger partial charge in [-0.3, -0.25) is 10.0 Å². The van der Waals surface area contributed by atoms with Gasteiger partial charge >= 0.3 is 0 Å². The van der Waals surface area contributed by atoms with Crippen LogP contribution in [0, 0.1) is 0 Å². The maximum absolute atomic E-state index is 11.2. The predicted octanol–water partition coefficient (Wildman–Crippen LogP) is 4.46. The average molecular weight is 336 g/mol. The maximum Gasteiger partial charge on any atom is 0.178 e. The summed E-state index contributed by atoms with van der Waals surface area (Å²) in [6.07, 6.45) is 0. The quantitative estimate of drug-likeness (QED) is 0.827. The van der Waals surface area contributed by atoms with Gasteiger partial charge in [0.25, 0.3) is 0 Å². The summed E-state index contributed by atoms with van der Waals surface area (Å²) in [5, 5.41) is 12.6. The van der Waals surface area contributed by atoms with E-state index in [4.69, 9.17) is 23.2 Å². The zero-order valence-corrected chi connectivity index (χ0v) is 13.6. The Morgan fingerprint density at radius 2 is 1.59 bits per heavy atom. The Labute approximate surface area is 140 Å². The van der Waals surface area contributed by atoms with Crippen LogP contribution in [-0.4, -0.2) is 31.1 Å². The topological polar surface area (TPSA) is 26.4 Å². The Morgan fingerprint density at radius 3 is 2.23 bits per heavy atom. The number of rotatable bonds is 3. The molecule has 1 heterocycles. The van der Waals surface area contributed by atoms with Crippen molar-refractivity contribution in [2.24, 2.45) is 0 Å². The van der Waals surface area contributed by atoms with Crippen molar-refractivity contribution < 1.29 is 5.11 Å². The Bertz CT molecular complexity index is 638. The largest absolute Gasteiger partial charge is 0.369 e. The van der Waals surface area contributed by atoms with E-state index < -0.39 is 0 Å². The van der Waals surface area contributed by atoms with Crippen LogP contribution in [-0.2, 0) is 11.7 Å². The van der Waals surface area contributed by atoms with Crippen molar-refractivity contribution in [1.29, 1.82) is 0 Å². The van der Waals surface area contributed by atoms with E-state index in [9.17, 15) is 5.11 Å². The molecule has 0 spiro atoms. The zero-order chi connectivity index (χ0) is 15.5. The number of hydrogen-bond acceptors (Lipinski definition) is 2. The molecule has 0 aliphatic carbocycles. The van der Waals surface area contributed by atoms with Crippen LogP contribution in [0.5, 0.6) is 5.75 Å². The highest BCUT2D eigenvalue weighted by Crippen LogP contribution is 2.24. The zero-order valence-electron chi connectivity index (χ0n) is 12.1. The van der Waals surface area contributed by atoms with Crippen LogP contribution in [0.2, 0.25) is 10.0 Å². The fourth-order valence-electron chi connectivity index (χ4n) is 2.71. The summed E-state index contributed by atoms with van der Waals surface area (Å²) >= 11 is 12.2. The lowest BCUT2D eigenvalue weighted by atomic mass is 10.2. The molecule has 0 unspecified atom stereocenters. The van der Waals surface area contributed by atoms with Crippen LogP contribution in [0.15, 0.2) is 42.5 Å². The third kappa shape index (κ3) is 3.67. The van der Waals surface area contributed by atoms with Gasteiger partial charge in [-0.1, -0.05) is 29.3 Å². The second kappa shape index (κ2) is 6.78. The van der Waals surface area contributed by atoms with E-state index in [-0.39, 0.29) is 5.75 Å². The van der Waals surface area contributed by atoms with Gasteiger partial charge in [0, 0.05) is 48.5 Å². The Morgan fingerprint density at radius 1 is 0.909 bits per heavy atom. The van der Waals surface area contributed by atoms with Gasteiger partial charge in [0.2, 0.25) is 0 Å². The van der Waals surface area contributed by atoms with Crippen molar-refractivity contribution in [3.63, 3.8) is 0 Å². The number of anilines is 1. The van der Waals surface area contributed by atoms with E-state index in [1.807, 2.05) is 24.3 Å². The van der Waals surface area contributed by atoms with Crippen molar-refractivity contribution in [2.75, 3.05) is 31.1 Å². The number of halogens is 2. The van der Waals surface area contributed by atoms with Crippen LogP contribution in [0.25, 0.3) is 0 Å². The molecule has 1 fully saturated rings. The smallest absolute Gasteiger partial charge is 0.178 e. The highest BCUT2D eigenvalue weighted by atomic mass is 35.5. The van der Waals surface area contributed by atoms with Gasteiger partial charge in [-0.15, -0.1) is 0 Å². The molecule has 0 amide bonds. The molecule has 0 N–H and O–H groups in total. The summed E-state index contributed by atoms with van der Waals surface area (Å²) < 4.78 is 0. The standard InChI is InChI=1S/C17H17Cl2N2O/c18-14-2-1-13(17(19)11-14)12-20-7-9-21(10-8-20)15-3-5-16(22)6-4-15/h1-6,11H,7-10,12H2. The molecule has 0 aromatic heterocycles. The molecule has 2 aromatic rings. The average Bonchev–Trinajstić information content (AvgIpc) is 2.52. The fraction of sp³-hybridized carbons (Fsp3) is 0.294. The van der Waals surface area contributed by atoms with Crippen LogP contribution < -0.4 is 4.90 Å². The van der Waals surface area contributed by atoms with Crippen LogP contribution in [0.3, 0.4) is 0 Å². The van der Waals surface area contributed by atoms with Gasteiger partial charge < -0.3 is 4.90 Å². The third-order valence-electron chi connectivity index (χ3n) is 3.98. The summed E-state index contributed by atoms with van der Waals surface area (Å²) in [5.74, 6) is 0.0553. The summed E-state index contributed by atoms with van der Waals surface area (Å²) in [5.41, 5.74) is 2.22. The minimum absolute atomic E-state index is 0.0553. The first-order valence-corrected chi connectivity index (χ1v) is 8.06. The lowest BCUT2D eigenvalue weighted by molar-refractivity contribution is 0.250. The minimum Gasteiger partial charge on any atom is -0.369 e. The van der Waals surface area contributed by atoms with Gasteiger partial charge in [-0.05, 0) is 42.0 Å². The molecule has 1 radical (unpaired) electrons. The van der Waals surface area contributed by atoms with E-state index >= 15 is 0 Å². The first kappa shape index (κ1) is 15.5. The molecular formula is C17H17Cl2N2O. The predicted molar refractivity (Wildman–Crippen MR) is 90.5 cm³/mol. The number of piperazine rings is 1. The SMILES string of the molecule is [O]c1ccc(N2CCN(Cc3ccc(Cl)cc3Cl)CC2)cc1. The molecule has 0 bridgehead atoms. The van der Waals surface area contributed by atoms with Gasteiger partial charge in [0.1, 0.15) is 0 Å². The number of hydrogen-bond donors (Lipinski definition) is 0. The van der Waals surface area contributed by atoms with Crippen molar-refractivity contribution in [2.45, 2.75) is 6.54 Å². The second-order valence-corrected chi connectivity index (χ2v) is 6.34. The van der Waals surface area contributed by atoms with Crippen molar-refractivity contribution >= 4 is 28.9 Å². The Kier molecular flexibility index (Phi) is 4.77. The van der Waals surface area contributed by atoms with Crippen LogP contribution in [0.4, 0.5) is 5.69 Å². The summed E-state index contributed by atoms with van der Waals surface area (Å²) in [6, 6.07) is 12.7. The van der Waals surface area contributed by atoms with E-state index in [0.717, 1.165) is 49.0 Å². The van der Waals surface area contributed by atoms with Crippen molar-refractivity contribution in [3.8, 4) is 5.75 Å². The molecule has 2 aromatic carbocycles. The van der Waals surface area contributed by atoms with Gasteiger partial charge in [-0.25, -0.2) is 0 Å². The highest BCUT2D eigenvalue weighted by Gasteiger charge is 2.18. The van der Waals surface area contributed by atoms with Gasteiger partial charge in [0.15, 0.2) is 5.75 Å². The van der Waals surface area contributed by atoms with E-state index in [0.29, 0.717) is 5.02 Å². The Hall–Kier alpha value is -1.42. The van der Waals surface area contributed by atoms with Crippen LogP contribution >= 0.6 is 23.2 Å². The minimum atomic E-state index is 0.0553. The summed E-state index contributed by atoms with van der Waals surface area (Å²) in [6.45, 7) is 4.67. The molecule has 5 heteroatoms. The summed E-state index contributed by atoms with van der Waals surface area (Å²) in [4.78, 5) is 4.69. The summed E-state index contributed by atoms with van der Waals surface area (Å²) in [7, 11) is 0. The molecule has 3 nitrogen and oxygen atoms in total. The Balaban J connectivity index is 1.58. The molecule has 0 atom stereocenters. The van der Waals surface area contributed by atoms with Crippen molar-refractivity contribution in [1.82, 2.24) is 4.90 Å². The van der Waals surface area contributed by atoms with Gasteiger partial charge in [-0.2, -0.15) is 0 Å². The fourth-order valence-corrected chi connectivity index (χ4v) is 3.18. The molecule has 1 saturated heterocycles. The van der Waals surface area contributed by atoms with E-state index in [2.05, 4.69) is 9.80 Å². The molecule has 22 heavy (non-hydrogen) atoms. The van der Waals surface area contributed by atoms with Crippen molar-refractivity contribution in [3.05, 3.63) is 58.1 Å². The molecule has 3 rings (SSSR count). The molecular weight excluding hydrogens is 319 g/mol. The first-order valence-electron chi connectivity index (χ1n) is 7.30. The highest BCUT2D eigenvalue weighted by molar-refractivity contribution is 6.35. The number of nitrogens with zero attached hydrogens (tertiary/aromatic N) is 2. The second-order valence-electron chi connectivity index (χ2n) is 5.49. The normalized spacial score (nSPS) is 16.0. The maximum atomic E-state index is 11.2. The third-order valence-corrected chi connectivity index (χ3v) is 4.57. The molecule has 0 saturated carbocycles. The van der Waals surface area contributed by atoms with Crippen LogP contribution in [0.1, 0.15) is 5.56 Å². The molecule has 115 valence electrons. The number of benzene rings is 2. The lowest BCUT2D eigenvalue weighted by Gasteiger charge is -2.36. The molecule has 1 aliphatic rings. The molecule has 1 aliphatic heterocycles. The monoisotopic (exact) mass is 335 g/mol. The van der Waals surface area contributed by atoms with Gasteiger partial charge in [0.05, 0.1) is 0 Å². The van der Waals surface area contributed by atoms with E-state index in [1.54, 1.807) is 18.2 Å². The lowest BCUT2D eigenvalue weighted by Crippen LogP contribution is -2.45. The van der Waals surface area contributed by atoms with E-state index in [1.165, 1.54) is 0 Å². The first-order chi connectivity index (χ1) is 10.6.